The topological polar surface area (TPSA) is 66.9 Å². The molecule has 0 aromatic heterocycles. The largest absolute Gasteiger partial charge is 0.497 e. The third-order valence-electron chi connectivity index (χ3n) is 4.08. The van der Waals surface area contributed by atoms with Gasteiger partial charge < -0.3 is 9.64 Å². The predicted octanol–water partition coefficient (Wildman–Crippen LogP) is 2.16. The van der Waals surface area contributed by atoms with Gasteiger partial charge in [-0.05, 0) is 36.2 Å². The van der Waals surface area contributed by atoms with Crippen LogP contribution >= 0.6 is 0 Å². The molecule has 2 rings (SSSR count). The van der Waals surface area contributed by atoms with Gasteiger partial charge in [-0.25, -0.2) is 8.42 Å². The number of benzene rings is 2. The van der Waals surface area contributed by atoms with E-state index in [-0.39, 0.29) is 19.0 Å². The molecule has 0 fully saturated rings. The van der Waals surface area contributed by atoms with E-state index < -0.39 is 10.0 Å². The molecule has 1 amide bonds. The monoisotopic (exact) mass is 376 g/mol. The lowest BCUT2D eigenvalue weighted by Gasteiger charge is -2.23. The van der Waals surface area contributed by atoms with Gasteiger partial charge in [0, 0.05) is 19.3 Å². The van der Waals surface area contributed by atoms with Crippen LogP contribution < -0.4 is 9.64 Å². The molecule has 0 aliphatic rings. The van der Waals surface area contributed by atoms with Gasteiger partial charge in [-0.15, -0.1) is 0 Å². The summed E-state index contributed by atoms with van der Waals surface area (Å²) in [6.45, 7) is 0.0224. The van der Waals surface area contributed by atoms with Gasteiger partial charge in [-0.2, -0.15) is 4.31 Å². The molecule has 0 atom stereocenters. The Morgan fingerprint density at radius 3 is 2.38 bits per heavy atom. The summed E-state index contributed by atoms with van der Waals surface area (Å²) >= 11 is 0. The van der Waals surface area contributed by atoms with Gasteiger partial charge in [0.15, 0.2) is 0 Å². The Balaban J connectivity index is 2.06. The van der Waals surface area contributed by atoms with Crippen LogP contribution in [0.25, 0.3) is 0 Å². The van der Waals surface area contributed by atoms with Crippen molar-refractivity contribution in [3.05, 3.63) is 60.2 Å². The number of hydrogen-bond donors (Lipinski definition) is 0. The van der Waals surface area contributed by atoms with Crippen LogP contribution in [0.15, 0.2) is 54.6 Å². The summed E-state index contributed by atoms with van der Waals surface area (Å²) in [7, 11) is -0.285. The maximum Gasteiger partial charge on any atom is 0.242 e. The van der Waals surface area contributed by atoms with E-state index in [1.165, 1.54) is 9.21 Å². The smallest absolute Gasteiger partial charge is 0.242 e. The van der Waals surface area contributed by atoms with Crippen molar-refractivity contribution in [3.63, 3.8) is 0 Å². The number of carbonyl (C=O) groups excluding carboxylic acids is 1. The number of para-hydroxylation sites is 1. The molecular formula is C19H24N2O4S. The maximum absolute atomic E-state index is 12.5. The Kier molecular flexibility index (Phi) is 6.76. The zero-order valence-electron chi connectivity index (χ0n) is 15.3. The first kappa shape index (κ1) is 19.9. The van der Waals surface area contributed by atoms with E-state index in [1.54, 1.807) is 26.3 Å². The van der Waals surface area contributed by atoms with E-state index in [9.17, 15) is 13.2 Å². The highest BCUT2D eigenvalue weighted by Crippen LogP contribution is 2.15. The third-order valence-corrected chi connectivity index (χ3v) is 5.33. The number of methoxy groups -OCH3 is 1. The first-order valence-corrected chi connectivity index (χ1v) is 10.1. The molecule has 0 spiro atoms. The van der Waals surface area contributed by atoms with Gasteiger partial charge in [0.05, 0.1) is 19.9 Å². The van der Waals surface area contributed by atoms with Crippen molar-refractivity contribution in [1.29, 1.82) is 0 Å². The zero-order chi connectivity index (χ0) is 19.2. The summed E-state index contributed by atoms with van der Waals surface area (Å²) in [5.74, 6) is 0.431. The van der Waals surface area contributed by atoms with E-state index in [0.717, 1.165) is 17.5 Å². The molecule has 0 aliphatic carbocycles. The minimum atomic E-state index is -3.51. The van der Waals surface area contributed by atoms with Crippen molar-refractivity contribution in [2.45, 2.75) is 6.42 Å². The fourth-order valence-corrected chi connectivity index (χ4v) is 3.26. The number of rotatable bonds is 8. The molecule has 26 heavy (non-hydrogen) atoms. The highest BCUT2D eigenvalue weighted by Gasteiger charge is 2.22. The summed E-state index contributed by atoms with van der Waals surface area (Å²) in [5.41, 5.74) is 1.67. The number of sulfonamides is 1. The lowest BCUT2D eigenvalue weighted by atomic mass is 10.1. The normalized spacial score (nSPS) is 11.4. The summed E-state index contributed by atoms with van der Waals surface area (Å²) < 4.78 is 30.6. The molecule has 0 saturated carbocycles. The van der Waals surface area contributed by atoms with Crippen LogP contribution in [-0.4, -0.2) is 52.1 Å². The molecule has 6 nitrogen and oxygen atoms in total. The minimum Gasteiger partial charge on any atom is -0.497 e. The summed E-state index contributed by atoms with van der Waals surface area (Å²) in [6.07, 6.45) is 1.61. The highest BCUT2D eigenvalue weighted by atomic mass is 32.2. The summed E-state index contributed by atoms with van der Waals surface area (Å²) in [4.78, 5) is 14.0. The van der Waals surface area contributed by atoms with Crippen molar-refractivity contribution in [3.8, 4) is 5.75 Å². The lowest BCUT2D eigenvalue weighted by Crippen LogP contribution is -2.42. The number of nitrogens with zero attached hydrogens (tertiary/aromatic N) is 2. The average molecular weight is 376 g/mol. The Hall–Kier alpha value is -2.38. The molecule has 2 aromatic carbocycles. The van der Waals surface area contributed by atoms with Crippen LogP contribution in [0.5, 0.6) is 5.75 Å². The second-order valence-electron chi connectivity index (χ2n) is 5.99. The quantitative estimate of drug-likeness (QED) is 0.708. The first-order valence-electron chi connectivity index (χ1n) is 8.21. The highest BCUT2D eigenvalue weighted by molar-refractivity contribution is 7.88. The van der Waals surface area contributed by atoms with E-state index in [0.29, 0.717) is 12.2 Å². The van der Waals surface area contributed by atoms with Crippen LogP contribution in [0.2, 0.25) is 0 Å². The third kappa shape index (κ3) is 5.57. The van der Waals surface area contributed by atoms with Crippen LogP contribution in [-0.2, 0) is 21.2 Å². The van der Waals surface area contributed by atoms with Gasteiger partial charge in [-0.1, -0.05) is 30.3 Å². The standard InChI is InChI=1S/C19H24N2O4S/c1-20(17-9-5-4-6-10-17)19(22)15-21(26(3,23)24)13-12-16-8-7-11-18(14-16)25-2/h4-11,14H,12-13,15H2,1-3H3. The summed E-state index contributed by atoms with van der Waals surface area (Å²) in [5, 5.41) is 0. The molecule has 0 saturated heterocycles. The second kappa shape index (κ2) is 8.82. The van der Waals surface area contributed by atoms with Crippen LogP contribution in [0.4, 0.5) is 5.69 Å². The Labute approximate surface area is 155 Å². The second-order valence-corrected chi connectivity index (χ2v) is 7.97. The number of carbonyl (C=O) groups is 1. The van der Waals surface area contributed by atoms with Crippen LogP contribution in [0.1, 0.15) is 5.56 Å². The number of likely N-dealkylation sites (N-methyl/N-ethyl adjacent to an activating group) is 1. The molecule has 0 heterocycles. The van der Waals surface area contributed by atoms with Crippen molar-refractivity contribution in [1.82, 2.24) is 4.31 Å². The number of ether oxygens (including phenoxy) is 1. The molecule has 0 radical (unpaired) electrons. The number of anilines is 1. The molecule has 0 aliphatic heterocycles. The van der Waals surface area contributed by atoms with Gasteiger partial charge in [0.25, 0.3) is 0 Å². The van der Waals surface area contributed by atoms with Crippen molar-refractivity contribution in [2.75, 3.05) is 38.4 Å². The fourth-order valence-electron chi connectivity index (χ4n) is 2.50. The van der Waals surface area contributed by atoms with Gasteiger partial charge in [0.2, 0.25) is 15.9 Å². The Morgan fingerprint density at radius 2 is 1.77 bits per heavy atom. The van der Waals surface area contributed by atoms with E-state index >= 15 is 0 Å². The maximum atomic E-state index is 12.5. The molecule has 0 unspecified atom stereocenters. The molecule has 0 N–H and O–H groups in total. The van der Waals surface area contributed by atoms with Crippen molar-refractivity contribution < 1.29 is 17.9 Å². The van der Waals surface area contributed by atoms with Crippen LogP contribution in [0.3, 0.4) is 0 Å². The molecule has 7 heteroatoms. The number of amides is 1. The predicted molar refractivity (Wildman–Crippen MR) is 103 cm³/mol. The molecule has 140 valence electrons. The number of hydrogen-bond acceptors (Lipinski definition) is 4. The van der Waals surface area contributed by atoms with Crippen molar-refractivity contribution in [2.24, 2.45) is 0 Å². The average Bonchev–Trinajstić information content (AvgIpc) is 2.64. The molecule has 2 aromatic rings. The van der Waals surface area contributed by atoms with E-state index in [4.69, 9.17) is 4.74 Å². The van der Waals surface area contributed by atoms with Gasteiger partial charge in [0.1, 0.15) is 5.75 Å². The minimum absolute atomic E-state index is 0.200. The fraction of sp³-hybridized carbons (Fsp3) is 0.316. The summed E-state index contributed by atoms with van der Waals surface area (Å²) in [6, 6.07) is 16.6. The molecular weight excluding hydrogens is 352 g/mol. The zero-order valence-corrected chi connectivity index (χ0v) is 16.1. The van der Waals surface area contributed by atoms with Gasteiger partial charge in [-0.3, -0.25) is 4.79 Å². The van der Waals surface area contributed by atoms with Crippen molar-refractivity contribution >= 4 is 21.6 Å². The lowest BCUT2D eigenvalue weighted by molar-refractivity contribution is -0.118. The van der Waals surface area contributed by atoms with Crippen LogP contribution in [0, 0.1) is 0 Å². The SMILES string of the molecule is COc1cccc(CCN(CC(=O)N(C)c2ccccc2)S(C)(=O)=O)c1. The Morgan fingerprint density at radius 1 is 1.08 bits per heavy atom. The molecule has 0 bridgehead atoms. The van der Waals surface area contributed by atoms with E-state index in [1.807, 2.05) is 42.5 Å². The first-order chi connectivity index (χ1) is 12.3. The van der Waals surface area contributed by atoms with E-state index in [2.05, 4.69) is 0 Å². The van der Waals surface area contributed by atoms with Gasteiger partial charge >= 0.3 is 0 Å². The Bertz CT molecular complexity index is 838.